The predicted molar refractivity (Wildman–Crippen MR) is 165 cm³/mol. The highest BCUT2D eigenvalue weighted by atomic mass is 16.5. The van der Waals surface area contributed by atoms with Crippen LogP contribution in [0.1, 0.15) is 90.0 Å². The van der Waals surface area contributed by atoms with Gasteiger partial charge in [-0.25, -0.2) is 9.78 Å². The fourth-order valence-electron chi connectivity index (χ4n) is 6.61. The maximum Gasteiger partial charge on any atom is 0.407 e. The number of hydrogen-bond donors (Lipinski definition) is 1. The maximum atomic E-state index is 14.7. The highest BCUT2D eigenvalue weighted by Gasteiger charge is 2.50. The number of hydrogen-bond acceptors (Lipinski definition) is 6. The van der Waals surface area contributed by atoms with E-state index in [-0.39, 0.29) is 24.3 Å². The molecular formula is C32H55N5O6. The molecule has 11 nitrogen and oxygen atoms in total. The number of amides is 3. The van der Waals surface area contributed by atoms with E-state index in [1.807, 2.05) is 25.7 Å². The first-order valence-electron chi connectivity index (χ1n) is 16.1. The number of carbonyl (C=O) groups excluding carboxylic acids is 2. The second-order valence-electron chi connectivity index (χ2n) is 13.5. The normalized spacial score (nSPS) is 21.3. The average Bonchev–Trinajstić information content (AvgIpc) is 3.37. The van der Waals surface area contributed by atoms with Gasteiger partial charge >= 0.3 is 6.09 Å². The Morgan fingerprint density at radius 1 is 1.16 bits per heavy atom. The summed E-state index contributed by atoms with van der Waals surface area (Å²) in [5.74, 6) is 0.277. The van der Waals surface area contributed by atoms with Crippen molar-refractivity contribution in [3.05, 3.63) is 17.7 Å². The van der Waals surface area contributed by atoms with Gasteiger partial charge in [0.25, 0.3) is 5.91 Å². The highest BCUT2D eigenvalue weighted by Crippen LogP contribution is 2.38. The Kier molecular flexibility index (Phi) is 12.9. The Morgan fingerprint density at radius 3 is 2.44 bits per heavy atom. The van der Waals surface area contributed by atoms with E-state index < -0.39 is 29.5 Å². The quantitative estimate of drug-likeness (QED) is 0.332. The SMILES string of the molecule is CCCCc1ncc(C(=O)N(CC(C)C)[C@H]2C[C@@H](C(=O)N3CCOCC3)CN(C(=O)O)C2C(C)(C)C)n1CCCCOC. The highest BCUT2D eigenvalue weighted by molar-refractivity contribution is 5.93. The van der Waals surface area contributed by atoms with Gasteiger partial charge in [-0.15, -0.1) is 0 Å². The van der Waals surface area contributed by atoms with Crippen molar-refractivity contribution in [1.82, 2.24) is 24.3 Å². The van der Waals surface area contributed by atoms with E-state index in [1.54, 1.807) is 18.2 Å². The molecule has 2 aliphatic heterocycles. The molecule has 3 atom stereocenters. The Labute approximate surface area is 257 Å². The van der Waals surface area contributed by atoms with Crippen LogP contribution in [0.25, 0.3) is 0 Å². The molecule has 2 fully saturated rings. The fourth-order valence-corrected chi connectivity index (χ4v) is 6.61. The van der Waals surface area contributed by atoms with E-state index in [2.05, 4.69) is 25.3 Å². The summed E-state index contributed by atoms with van der Waals surface area (Å²) in [5.41, 5.74) is 0.0541. The lowest BCUT2D eigenvalue weighted by atomic mass is 9.74. The molecule has 43 heavy (non-hydrogen) atoms. The van der Waals surface area contributed by atoms with Crippen LogP contribution in [0, 0.1) is 17.3 Å². The molecule has 3 rings (SSSR count). The zero-order chi connectivity index (χ0) is 31.7. The number of imidazole rings is 1. The van der Waals surface area contributed by atoms with Crippen LogP contribution in [0.2, 0.25) is 0 Å². The van der Waals surface area contributed by atoms with Crippen molar-refractivity contribution in [2.75, 3.05) is 53.1 Å². The fraction of sp³-hybridized carbons (Fsp3) is 0.812. The first-order valence-corrected chi connectivity index (χ1v) is 16.1. The van der Waals surface area contributed by atoms with Gasteiger partial charge in [0, 0.05) is 52.9 Å². The molecule has 11 heteroatoms. The van der Waals surface area contributed by atoms with E-state index in [0.29, 0.717) is 58.1 Å². The van der Waals surface area contributed by atoms with Crippen LogP contribution >= 0.6 is 0 Å². The standard InChI is InChI=1S/C32H55N5O6/c1-8-9-12-27-33-20-26(35(27)13-10-11-16-42-7)30(39)36(21-23(2)3)25-19-24(29(38)34-14-17-43-18-15-34)22-37(31(40)41)28(25)32(4,5)6/h20,23-25,28H,8-19,21-22H2,1-7H3,(H,40,41)/t24-,25+,28?/m1/s1. The van der Waals surface area contributed by atoms with E-state index in [9.17, 15) is 19.5 Å². The Bertz CT molecular complexity index is 1060. The van der Waals surface area contributed by atoms with Crippen molar-refractivity contribution in [2.24, 2.45) is 17.3 Å². The second kappa shape index (κ2) is 15.9. The van der Waals surface area contributed by atoms with Crippen LogP contribution in [0.15, 0.2) is 6.20 Å². The summed E-state index contributed by atoms with van der Waals surface area (Å²) in [6.07, 6.45) is 5.55. The number of ether oxygens (including phenoxy) is 2. The van der Waals surface area contributed by atoms with Crippen molar-refractivity contribution < 1.29 is 29.0 Å². The predicted octanol–water partition coefficient (Wildman–Crippen LogP) is 4.39. The molecule has 3 heterocycles. The number of carbonyl (C=O) groups is 3. The third-order valence-corrected chi connectivity index (χ3v) is 8.56. The Hall–Kier alpha value is -2.66. The van der Waals surface area contributed by atoms with Crippen LogP contribution in [0.4, 0.5) is 4.79 Å². The minimum atomic E-state index is -1.06. The molecule has 1 N–H and O–H groups in total. The number of carboxylic acid groups (broad SMARTS) is 1. The van der Waals surface area contributed by atoms with E-state index in [1.165, 1.54) is 4.90 Å². The molecule has 244 valence electrons. The Morgan fingerprint density at radius 2 is 1.86 bits per heavy atom. The third-order valence-electron chi connectivity index (χ3n) is 8.56. The number of aromatic nitrogens is 2. The van der Waals surface area contributed by atoms with Crippen LogP contribution in [0.5, 0.6) is 0 Å². The van der Waals surface area contributed by atoms with Crippen molar-refractivity contribution in [3.8, 4) is 0 Å². The molecule has 1 aromatic rings. The van der Waals surface area contributed by atoms with Crippen molar-refractivity contribution >= 4 is 17.9 Å². The van der Waals surface area contributed by atoms with Crippen LogP contribution < -0.4 is 0 Å². The summed E-state index contributed by atoms with van der Waals surface area (Å²) in [5, 5.41) is 10.4. The molecule has 0 spiro atoms. The molecule has 2 aliphatic rings. The number of piperidine rings is 1. The average molecular weight is 606 g/mol. The molecule has 3 amide bonds. The molecule has 1 unspecified atom stereocenters. The van der Waals surface area contributed by atoms with Crippen LogP contribution in [-0.4, -0.2) is 112 Å². The van der Waals surface area contributed by atoms with E-state index >= 15 is 0 Å². The minimum absolute atomic E-state index is 0.0612. The van der Waals surface area contributed by atoms with Gasteiger partial charge in [-0.1, -0.05) is 48.0 Å². The van der Waals surface area contributed by atoms with Crippen molar-refractivity contribution in [3.63, 3.8) is 0 Å². The zero-order valence-electron chi connectivity index (χ0n) is 27.5. The third kappa shape index (κ3) is 8.94. The summed E-state index contributed by atoms with van der Waals surface area (Å²) in [6, 6.07) is -0.968. The number of unbranched alkanes of at least 4 members (excludes halogenated alkanes) is 2. The number of methoxy groups -OCH3 is 1. The molecule has 0 radical (unpaired) electrons. The van der Waals surface area contributed by atoms with E-state index in [4.69, 9.17) is 14.5 Å². The topological polar surface area (TPSA) is 117 Å². The van der Waals surface area contributed by atoms with Gasteiger partial charge in [-0.3, -0.25) is 9.59 Å². The summed E-state index contributed by atoms with van der Waals surface area (Å²) < 4.78 is 12.8. The molecular weight excluding hydrogens is 550 g/mol. The van der Waals surface area contributed by atoms with Gasteiger partial charge in [-0.2, -0.15) is 0 Å². The Balaban J connectivity index is 2.06. The van der Waals surface area contributed by atoms with Gasteiger partial charge in [0.1, 0.15) is 11.5 Å². The van der Waals surface area contributed by atoms with Crippen molar-refractivity contribution in [2.45, 2.75) is 98.7 Å². The lowest BCUT2D eigenvalue weighted by molar-refractivity contribution is -0.144. The summed E-state index contributed by atoms with van der Waals surface area (Å²) >= 11 is 0. The number of morpholine rings is 1. The van der Waals surface area contributed by atoms with Gasteiger partial charge in [0.05, 0.1) is 37.4 Å². The van der Waals surface area contributed by atoms with Gasteiger partial charge < -0.3 is 33.8 Å². The molecule has 0 bridgehead atoms. The monoisotopic (exact) mass is 605 g/mol. The molecule has 0 aromatic carbocycles. The zero-order valence-corrected chi connectivity index (χ0v) is 27.5. The van der Waals surface area contributed by atoms with Crippen LogP contribution in [-0.2, 0) is 27.2 Å². The number of aryl methyl sites for hydroxylation is 1. The lowest BCUT2D eigenvalue weighted by Crippen LogP contribution is -2.66. The smallest absolute Gasteiger partial charge is 0.407 e. The number of nitrogens with zero attached hydrogens (tertiary/aromatic N) is 5. The van der Waals surface area contributed by atoms with Crippen LogP contribution in [0.3, 0.4) is 0 Å². The second-order valence-corrected chi connectivity index (χ2v) is 13.5. The maximum absolute atomic E-state index is 14.7. The summed E-state index contributed by atoms with van der Waals surface area (Å²) in [6.45, 7) is 16.1. The van der Waals surface area contributed by atoms with E-state index in [0.717, 1.165) is 37.9 Å². The molecule has 0 saturated carbocycles. The minimum Gasteiger partial charge on any atom is -0.465 e. The number of likely N-dealkylation sites (tertiary alicyclic amines) is 1. The summed E-state index contributed by atoms with van der Waals surface area (Å²) in [7, 11) is 1.69. The van der Waals surface area contributed by atoms with Gasteiger partial charge in [-0.05, 0) is 37.0 Å². The largest absolute Gasteiger partial charge is 0.465 e. The van der Waals surface area contributed by atoms with Gasteiger partial charge in [0.15, 0.2) is 0 Å². The molecule has 0 aliphatic carbocycles. The first kappa shape index (κ1) is 34.8. The van der Waals surface area contributed by atoms with Gasteiger partial charge in [0.2, 0.25) is 5.91 Å². The lowest BCUT2D eigenvalue weighted by Gasteiger charge is -2.52. The number of rotatable bonds is 13. The first-order chi connectivity index (χ1) is 20.4. The summed E-state index contributed by atoms with van der Waals surface area (Å²) in [4.78, 5) is 51.0. The molecule has 2 saturated heterocycles. The molecule has 1 aromatic heterocycles. The van der Waals surface area contributed by atoms with Crippen molar-refractivity contribution in [1.29, 1.82) is 0 Å².